The lowest BCUT2D eigenvalue weighted by molar-refractivity contribution is -0.115. The molecule has 0 aliphatic rings. The van der Waals surface area contributed by atoms with E-state index in [0.29, 0.717) is 16.1 Å². The Bertz CT molecular complexity index is 1290. The maximum atomic E-state index is 12.9. The fraction of sp³-hybridized carbons (Fsp3) is 0.125. The molecule has 0 fully saturated rings. The molecule has 0 spiro atoms. The first kappa shape index (κ1) is 21.2. The van der Waals surface area contributed by atoms with Gasteiger partial charge in [0.1, 0.15) is 0 Å². The molecule has 7 heteroatoms. The van der Waals surface area contributed by atoms with Gasteiger partial charge in [0.15, 0.2) is 5.16 Å². The summed E-state index contributed by atoms with van der Waals surface area (Å²) in [6.07, 6.45) is 0. The summed E-state index contributed by atoms with van der Waals surface area (Å²) in [5, 5.41) is 3.67. The van der Waals surface area contributed by atoms with E-state index in [1.807, 2.05) is 79.7 Å². The number of hydrogen-bond acceptors (Lipinski definition) is 5. The highest BCUT2D eigenvalue weighted by molar-refractivity contribution is 8.00. The molecule has 0 aliphatic carbocycles. The van der Waals surface area contributed by atoms with E-state index in [2.05, 4.69) is 10.3 Å². The van der Waals surface area contributed by atoms with Gasteiger partial charge in [0, 0.05) is 16.8 Å². The first-order chi connectivity index (χ1) is 15.0. The molecule has 0 saturated heterocycles. The van der Waals surface area contributed by atoms with Crippen LogP contribution >= 0.6 is 23.5 Å². The monoisotopic (exact) mass is 447 g/mol. The van der Waals surface area contributed by atoms with Gasteiger partial charge in [-0.05, 0) is 43.3 Å². The predicted octanol–water partition coefficient (Wildman–Crippen LogP) is 5.20. The Morgan fingerprint density at radius 1 is 0.968 bits per heavy atom. The third kappa shape index (κ3) is 4.84. The number of thioether (sulfide) groups is 1. The van der Waals surface area contributed by atoms with Crippen LogP contribution in [0.1, 0.15) is 6.92 Å². The largest absolute Gasteiger partial charge is 0.324 e. The molecule has 31 heavy (non-hydrogen) atoms. The molecular formula is C24H21N3O2S2. The van der Waals surface area contributed by atoms with Crippen molar-refractivity contribution in [2.45, 2.75) is 27.1 Å². The molecule has 1 N–H and O–H groups in total. The Labute approximate surface area is 188 Å². The van der Waals surface area contributed by atoms with Gasteiger partial charge in [-0.25, -0.2) is 4.98 Å². The maximum Gasteiger partial charge on any atom is 0.261 e. The zero-order valence-corrected chi connectivity index (χ0v) is 18.7. The van der Waals surface area contributed by atoms with E-state index >= 15 is 0 Å². The first-order valence-corrected chi connectivity index (χ1v) is 11.5. The molecule has 1 heterocycles. The minimum atomic E-state index is -0.436. The highest BCUT2D eigenvalue weighted by Gasteiger charge is 2.19. The molecule has 5 nitrogen and oxygen atoms in total. The van der Waals surface area contributed by atoms with E-state index in [0.717, 1.165) is 15.5 Å². The zero-order chi connectivity index (χ0) is 21.8. The second kappa shape index (κ2) is 9.41. The summed E-state index contributed by atoms with van der Waals surface area (Å²) in [7, 11) is 1.68. The summed E-state index contributed by atoms with van der Waals surface area (Å²) in [6.45, 7) is 1.81. The summed E-state index contributed by atoms with van der Waals surface area (Å²) in [5.74, 6) is -0.145. The number of nitrogens with one attached hydrogen (secondary N) is 1. The van der Waals surface area contributed by atoms with Crippen molar-refractivity contribution >= 4 is 46.0 Å². The van der Waals surface area contributed by atoms with Crippen molar-refractivity contribution in [2.75, 3.05) is 5.32 Å². The third-order valence-corrected chi connectivity index (χ3v) is 6.94. The van der Waals surface area contributed by atoms with Gasteiger partial charge in [0.05, 0.1) is 21.8 Å². The summed E-state index contributed by atoms with van der Waals surface area (Å²) >= 11 is 2.87. The molecule has 1 aromatic heterocycles. The van der Waals surface area contributed by atoms with E-state index in [9.17, 15) is 9.59 Å². The molecule has 1 unspecified atom stereocenters. The van der Waals surface area contributed by atoms with E-state index < -0.39 is 5.25 Å². The number of anilines is 1. The van der Waals surface area contributed by atoms with Crippen LogP contribution in [0.25, 0.3) is 10.9 Å². The predicted molar refractivity (Wildman–Crippen MR) is 128 cm³/mol. The number of carbonyl (C=O) groups is 1. The van der Waals surface area contributed by atoms with Crippen LogP contribution in [0, 0.1) is 0 Å². The van der Waals surface area contributed by atoms with E-state index in [-0.39, 0.29) is 11.5 Å². The van der Waals surface area contributed by atoms with Crippen LogP contribution < -0.4 is 10.9 Å². The Hall–Kier alpha value is -3.03. The van der Waals surface area contributed by atoms with Gasteiger partial charge < -0.3 is 5.32 Å². The van der Waals surface area contributed by atoms with Gasteiger partial charge >= 0.3 is 0 Å². The van der Waals surface area contributed by atoms with Gasteiger partial charge in [-0.2, -0.15) is 0 Å². The number of amides is 1. The van der Waals surface area contributed by atoms with Gasteiger partial charge in [-0.1, -0.05) is 66.0 Å². The quantitative estimate of drug-likeness (QED) is 0.325. The number of fused-ring (bicyclic) bond motifs is 1. The summed E-state index contributed by atoms with van der Waals surface area (Å²) < 4.78 is 1.50. The number of carbonyl (C=O) groups excluding carboxylic acids is 1. The smallest absolute Gasteiger partial charge is 0.261 e. The number of nitrogens with zero attached hydrogens (tertiary/aromatic N) is 2. The van der Waals surface area contributed by atoms with Crippen LogP contribution in [0.15, 0.2) is 98.6 Å². The minimum Gasteiger partial charge on any atom is -0.324 e. The number of benzene rings is 3. The second-order valence-electron chi connectivity index (χ2n) is 6.94. The van der Waals surface area contributed by atoms with Crippen LogP contribution in [0.5, 0.6) is 0 Å². The molecule has 4 rings (SSSR count). The van der Waals surface area contributed by atoms with Crippen LogP contribution in [0.3, 0.4) is 0 Å². The zero-order valence-electron chi connectivity index (χ0n) is 17.1. The molecule has 3 aromatic carbocycles. The normalized spacial score (nSPS) is 11.9. The Morgan fingerprint density at radius 3 is 2.45 bits per heavy atom. The van der Waals surface area contributed by atoms with E-state index in [1.54, 1.807) is 24.9 Å². The third-order valence-electron chi connectivity index (χ3n) is 4.71. The summed E-state index contributed by atoms with van der Waals surface area (Å²) in [6, 6.07) is 25.0. The van der Waals surface area contributed by atoms with Crippen LogP contribution in [0.2, 0.25) is 0 Å². The number of hydrogen-bond donors (Lipinski definition) is 1. The van der Waals surface area contributed by atoms with Gasteiger partial charge in [-0.15, -0.1) is 0 Å². The molecule has 0 bridgehead atoms. The second-order valence-corrected chi connectivity index (χ2v) is 9.36. The van der Waals surface area contributed by atoms with Crippen molar-refractivity contribution < 1.29 is 4.79 Å². The Balaban J connectivity index is 1.52. The first-order valence-electron chi connectivity index (χ1n) is 9.78. The summed E-state index contributed by atoms with van der Waals surface area (Å²) in [5.41, 5.74) is 1.27. The average molecular weight is 448 g/mol. The van der Waals surface area contributed by atoms with Crippen molar-refractivity contribution in [1.82, 2.24) is 9.55 Å². The highest BCUT2D eigenvalue weighted by atomic mass is 32.2. The fourth-order valence-corrected chi connectivity index (χ4v) is 4.82. The van der Waals surface area contributed by atoms with Gasteiger partial charge in [0.2, 0.25) is 5.91 Å². The molecule has 4 aromatic rings. The topological polar surface area (TPSA) is 64.0 Å². The lowest BCUT2D eigenvalue weighted by Gasteiger charge is -2.15. The molecule has 0 saturated carbocycles. The number of aromatic nitrogens is 2. The van der Waals surface area contributed by atoms with Crippen molar-refractivity contribution in [3.05, 3.63) is 89.2 Å². The number of para-hydroxylation sites is 2. The summed E-state index contributed by atoms with van der Waals surface area (Å²) in [4.78, 5) is 32.2. The molecule has 156 valence electrons. The maximum absolute atomic E-state index is 12.9. The fourth-order valence-electron chi connectivity index (χ4n) is 3.02. The molecular weight excluding hydrogens is 426 g/mol. The Kier molecular flexibility index (Phi) is 6.44. The van der Waals surface area contributed by atoms with Crippen LogP contribution in [-0.2, 0) is 11.8 Å². The van der Waals surface area contributed by atoms with E-state index in [1.165, 1.54) is 16.3 Å². The molecule has 0 aliphatic heterocycles. The lowest BCUT2D eigenvalue weighted by Crippen LogP contribution is -2.25. The Morgan fingerprint density at radius 2 is 1.65 bits per heavy atom. The molecule has 0 radical (unpaired) electrons. The average Bonchev–Trinajstić information content (AvgIpc) is 2.79. The minimum absolute atomic E-state index is 0.120. The van der Waals surface area contributed by atoms with Crippen molar-refractivity contribution in [2.24, 2.45) is 7.05 Å². The van der Waals surface area contributed by atoms with Gasteiger partial charge in [0.25, 0.3) is 5.56 Å². The van der Waals surface area contributed by atoms with Crippen LogP contribution in [-0.4, -0.2) is 20.7 Å². The standard InChI is InChI=1S/C24H21N3O2S2/c1-16(30-24-26-19-13-7-6-12-18(19)23(29)27(24)2)22(28)25-20-14-8-9-15-21(20)31-17-10-4-3-5-11-17/h3-16H,1-2H3,(H,25,28). The van der Waals surface area contributed by atoms with Crippen molar-refractivity contribution in [3.63, 3.8) is 0 Å². The molecule has 1 atom stereocenters. The molecule has 1 amide bonds. The van der Waals surface area contributed by atoms with Gasteiger partial charge in [-0.3, -0.25) is 14.2 Å². The van der Waals surface area contributed by atoms with Crippen molar-refractivity contribution in [3.8, 4) is 0 Å². The van der Waals surface area contributed by atoms with E-state index in [4.69, 9.17) is 0 Å². The number of rotatable bonds is 6. The lowest BCUT2D eigenvalue weighted by atomic mass is 10.2. The highest BCUT2D eigenvalue weighted by Crippen LogP contribution is 2.33. The SMILES string of the molecule is CC(Sc1nc2ccccc2c(=O)n1C)C(=O)Nc1ccccc1Sc1ccccc1. The van der Waals surface area contributed by atoms with Crippen LogP contribution in [0.4, 0.5) is 5.69 Å². The van der Waals surface area contributed by atoms with Crippen molar-refractivity contribution in [1.29, 1.82) is 0 Å².